The van der Waals surface area contributed by atoms with Gasteiger partial charge in [-0.05, 0) is 12.1 Å². The third-order valence-electron chi connectivity index (χ3n) is 2.36. The Morgan fingerprint density at radius 1 is 1.06 bits per heavy atom. The number of ketones is 1. The molecule has 0 saturated carbocycles. The Hall–Kier alpha value is -2.17. The summed E-state index contributed by atoms with van der Waals surface area (Å²) in [5, 5.41) is 0. The summed E-state index contributed by atoms with van der Waals surface area (Å²) in [6.45, 7) is 0. The van der Waals surface area contributed by atoms with Crippen molar-refractivity contribution in [3.63, 3.8) is 0 Å². The molecule has 0 bridgehead atoms. The number of pyridine rings is 1. The molecule has 5 heteroatoms. The fourth-order valence-corrected chi connectivity index (χ4v) is 1.47. The number of rotatable bonds is 2. The molecule has 0 unspecified atom stereocenters. The van der Waals surface area contributed by atoms with Crippen molar-refractivity contribution >= 4 is 5.78 Å². The van der Waals surface area contributed by atoms with Crippen LogP contribution >= 0.6 is 0 Å². The summed E-state index contributed by atoms with van der Waals surface area (Å²) in [6.07, 6.45) is -3.49. The van der Waals surface area contributed by atoms with Gasteiger partial charge in [-0.15, -0.1) is 0 Å². The summed E-state index contributed by atoms with van der Waals surface area (Å²) in [5.74, 6) is -0.526. The van der Waals surface area contributed by atoms with Gasteiger partial charge in [0.25, 0.3) is 0 Å². The molecule has 0 fully saturated rings. The predicted octanol–water partition coefficient (Wildman–Crippen LogP) is 3.33. The van der Waals surface area contributed by atoms with Crippen LogP contribution in [-0.4, -0.2) is 10.8 Å². The molecule has 0 atom stereocenters. The average Bonchev–Trinajstić information content (AvgIpc) is 2.38. The van der Waals surface area contributed by atoms with Gasteiger partial charge in [-0.25, -0.2) is 0 Å². The summed E-state index contributed by atoms with van der Waals surface area (Å²) in [7, 11) is 0. The summed E-state index contributed by atoms with van der Waals surface area (Å²) in [5.41, 5.74) is -0.780. The van der Waals surface area contributed by atoms with E-state index in [2.05, 4.69) is 4.98 Å². The lowest BCUT2D eigenvalue weighted by Gasteiger charge is -2.07. The lowest BCUT2D eigenvalue weighted by Crippen LogP contribution is -2.09. The van der Waals surface area contributed by atoms with Crippen LogP contribution in [0.4, 0.5) is 13.2 Å². The van der Waals surface area contributed by atoms with E-state index in [9.17, 15) is 18.0 Å². The molecular formula is C13H8F3NO. The zero-order valence-corrected chi connectivity index (χ0v) is 9.11. The normalized spacial score (nSPS) is 11.3. The molecular weight excluding hydrogens is 243 g/mol. The molecule has 0 radical (unpaired) electrons. The molecule has 18 heavy (non-hydrogen) atoms. The van der Waals surface area contributed by atoms with Crippen molar-refractivity contribution in [2.24, 2.45) is 0 Å². The molecule has 2 aromatic rings. The van der Waals surface area contributed by atoms with Crippen LogP contribution in [-0.2, 0) is 6.18 Å². The van der Waals surface area contributed by atoms with Crippen LogP contribution in [0.15, 0.2) is 48.7 Å². The average molecular weight is 251 g/mol. The first-order chi connectivity index (χ1) is 8.48. The van der Waals surface area contributed by atoms with Crippen LogP contribution in [0.5, 0.6) is 0 Å². The molecule has 0 saturated heterocycles. The smallest absolute Gasteiger partial charge is 0.287 e. The SMILES string of the molecule is O=C(c1ccccc1)c1cc(C(F)(F)F)ccn1. The van der Waals surface area contributed by atoms with Crippen LogP contribution in [0, 0.1) is 0 Å². The zero-order valence-electron chi connectivity index (χ0n) is 9.11. The van der Waals surface area contributed by atoms with Gasteiger partial charge in [0.2, 0.25) is 5.78 Å². The molecule has 0 amide bonds. The molecule has 2 nitrogen and oxygen atoms in total. The van der Waals surface area contributed by atoms with Crippen molar-refractivity contribution in [2.45, 2.75) is 6.18 Å². The Balaban J connectivity index is 2.38. The maximum atomic E-state index is 12.5. The molecule has 0 aliphatic rings. The molecule has 0 aliphatic heterocycles. The highest BCUT2D eigenvalue weighted by Crippen LogP contribution is 2.29. The molecule has 0 aliphatic carbocycles. The van der Waals surface area contributed by atoms with E-state index in [-0.39, 0.29) is 5.69 Å². The Morgan fingerprint density at radius 2 is 1.72 bits per heavy atom. The number of carbonyl (C=O) groups is 1. The second-order valence-electron chi connectivity index (χ2n) is 3.62. The van der Waals surface area contributed by atoms with E-state index >= 15 is 0 Å². The Bertz CT molecular complexity index is 564. The van der Waals surface area contributed by atoms with E-state index < -0.39 is 17.5 Å². The van der Waals surface area contributed by atoms with Gasteiger partial charge in [-0.2, -0.15) is 13.2 Å². The first-order valence-corrected chi connectivity index (χ1v) is 5.11. The highest BCUT2D eigenvalue weighted by atomic mass is 19.4. The van der Waals surface area contributed by atoms with Gasteiger partial charge < -0.3 is 0 Å². The van der Waals surface area contributed by atoms with Crippen molar-refractivity contribution in [3.05, 3.63) is 65.5 Å². The first-order valence-electron chi connectivity index (χ1n) is 5.11. The van der Waals surface area contributed by atoms with E-state index in [4.69, 9.17) is 0 Å². The zero-order chi connectivity index (χ0) is 13.2. The third-order valence-corrected chi connectivity index (χ3v) is 2.36. The Morgan fingerprint density at radius 3 is 2.33 bits per heavy atom. The van der Waals surface area contributed by atoms with Gasteiger partial charge in [0, 0.05) is 11.8 Å². The second kappa shape index (κ2) is 4.60. The second-order valence-corrected chi connectivity index (χ2v) is 3.62. The molecule has 2 rings (SSSR count). The minimum atomic E-state index is -4.48. The van der Waals surface area contributed by atoms with E-state index in [0.29, 0.717) is 5.56 Å². The van der Waals surface area contributed by atoms with E-state index in [1.54, 1.807) is 18.2 Å². The molecule has 92 valence electrons. The largest absolute Gasteiger partial charge is 0.416 e. The quantitative estimate of drug-likeness (QED) is 0.766. The molecule has 1 aromatic heterocycles. The lowest BCUT2D eigenvalue weighted by atomic mass is 10.1. The van der Waals surface area contributed by atoms with Crippen LogP contribution in [0.3, 0.4) is 0 Å². The van der Waals surface area contributed by atoms with E-state index in [1.165, 1.54) is 12.1 Å². The summed E-state index contributed by atoms with van der Waals surface area (Å²) >= 11 is 0. The minimum Gasteiger partial charge on any atom is -0.287 e. The van der Waals surface area contributed by atoms with Crippen LogP contribution < -0.4 is 0 Å². The number of hydrogen-bond acceptors (Lipinski definition) is 2. The number of aromatic nitrogens is 1. The fourth-order valence-electron chi connectivity index (χ4n) is 1.47. The maximum absolute atomic E-state index is 12.5. The maximum Gasteiger partial charge on any atom is 0.416 e. The monoisotopic (exact) mass is 251 g/mol. The third kappa shape index (κ3) is 2.56. The molecule has 0 N–H and O–H groups in total. The summed E-state index contributed by atoms with van der Waals surface area (Å²) in [4.78, 5) is 15.6. The topological polar surface area (TPSA) is 30.0 Å². The van der Waals surface area contributed by atoms with Gasteiger partial charge in [-0.3, -0.25) is 9.78 Å². The Kier molecular flexibility index (Phi) is 3.14. The Labute approximate surface area is 101 Å². The van der Waals surface area contributed by atoms with Crippen molar-refractivity contribution in [2.75, 3.05) is 0 Å². The number of benzene rings is 1. The first kappa shape index (κ1) is 12.3. The van der Waals surface area contributed by atoms with Crippen LogP contribution in [0.25, 0.3) is 0 Å². The van der Waals surface area contributed by atoms with Crippen molar-refractivity contribution in [1.82, 2.24) is 4.98 Å². The predicted molar refractivity (Wildman–Crippen MR) is 59.1 cm³/mol. The fraction of sp³-hybridized carbons (Fsp3) is 0.0769. The molecule has 1 heterocycles. The van der Waals surface area contributed by atoms with Crippen molar-refractivity contribution in [3.8, 4) is 0 Å². The van der Waals surface area contributed by atoms with Gasteiger partial charge in [-0.1, -0.05) is 30.3 Å². The summed E-state index contributed by atoms with van der Waals surface area (Å²) < 4.78 is 37.5. The highest BCUT2D eigenvalue weighted by Gasteiger charge is 2.31. The number of hydrogen-bond donors (Lipinski definition) is 0. The number of alkyl halides is 3. The number of halogens is 3. The number of nitrogens with zero attached hydrogens (tertiary/aromatic N) is 1. The van der Waals surface area contributed by atoms with E-state index in [0.717, 1.165) is 18.3 Å². The standard InChI is InChI=1S/C13H8F3NO/c14-13(15,16)10-6-7-17-11(8-10)12(18)9-4-2-1-3-5-9/h1-8H. The van der Waals surface area contributed by atoms with Gasteiger partial charge in [0.1, 0.15) is 5.69 Å². The summed E-state index contributed by atoms with van der Waals surface area (Å²) in [6, 6.07) is 9.66. The van der Waals surface area contributed by atoms with Gasteiger partial charge >= 0.3 is 6.18 Å². The molecule has 1 aromatic carbocycles. The van der Waals surface area contributed by atoms with E-state index in [1.807, 2.05) is 0 Å². The van der Waals surface area contributed by atoms with Gasteiger partial charge in [0.05, 0.1) is 5.56 Å². The lowest BCUT2D eigenvalue weighted by molar-refractivity contribution is -0.137. The van der Waals surface area contributed by atoms with Crippen molar-refractivity contribution < 1.29 is 18.0 Å². The highest BCUT2D eigenvalue weighted by molar-refractivity contribution is 6.07. The van der Waals surface area contributed by atoms with Crippen LogP contribution in [0.1, 0.15) is 21.6 Å². The minimum absolute atomic E-state index is 0.212. The number of carbonyl (C=O) groups excluding carboxylic acids is 1. The van der Waals surface area contributed by atoms with Crippen molar-refractivity contribution in [1.29, 1.82) is 0 Å². The molecule has 0 spiro atoms. The van der Waals surface area contributed by atoms with Gasteiger partial charge in [0.15, 0.2) is 0 Å². The van der Waals surface area contributed by atoms with Crippen LogP contribution in [0.2, 0.25) is 0 Å².